The minimum atomic E-state index is 1.03. The van der Waals surface area contributed by atoms with Gasteiger partial charge >= 0.3 is 0 Å². The molecule has 0 saturated heterocycles. The van der Waals surface area contributed by atoms with Crippen molar-refractivity contribution in [3.05, 3.63) is 66.1 Å². The van der Waals surface area contributed by atoms with Gasteiger partial charge in [-0.25, -0.2) is 0 Å². The molecule has 1 aliphatic rings. The molecule has 0 fully saturated rings. The normalized spacial score (nSPS) is 14.3. The van der Waals surface area contributed by atoms with E-state index in [1.54, 1.807) is 0 Å². The monoisotopic (exact) mass is 178 g/mol. The van der Waals surface area contributed by atoms with Crippen molar-refractivity contribution < 1.29 is 0 Å². The Morgan fingerprint density at radius 2 is 1.93 bits per heavy atom. The molecule has 3 rings (SSSR count). The van der Waals surface area contributed by atoms with Crippen LogP contribution in [0.1, 0.15) is 11.1 Å². The van der Waals surface area contributed by atoms with Crippen LogP contribution in [-0.4, -0.2) is 0 Å². The van der Waals surface area contributed by atoms with Crippen molar-refractivity contribution in [3.8, 4) is 0 Å². The van der Waals surface area contributed by atoms with E-state index >= 15 is 0 Å². The Morgan fingerprint density at radius 3 is 2.93 bits per heavy atom. The summed E-state index contributed by atoms with van der Waals surface area (Å²) in [6.07, 6.45) is 8.48. The molecule has 0 nitrogen and oxygen atoms in total. The van der Waals surface area contributed by atoms with Crippen molar-refractivity contribution in [1.29, 1.82) is 0 Å². The average molecular weight is 178 g/mol. The van der Waals surface area contributed by atoms with Gasteiger partial charge in [-0.3, -0.25) is 0 Å². The summed E-state index contributed by atoms with van der Waals surface area (Å²) in [5.74, 6) is 0. The summed E-state index contributed by atoms with van der Waals surface area (Å²) >= 11 is 0. The standard InChI is InChI=1S/C14H10/c1-3-7-13-11(5-1)9-10-12-6-2-4-8-14(12)13/h1-5,7,9-10H,8H2. The van der Waals surface area contributed by atoms with Crippen molar-refractivity contribution in [3.63, 3.8) is 0 Å². The molecule has 0 heteroatoms. The summed E-state index contributed by atoms with van der Waals surface area (Å²) in [7, 11) is 0. The molecule has 0 saturated carbocycles. The molecule has 0 atom stereocenters. The lowest BCUT2D eigenvalue weighted by Crippen LogP contribution is -1.96. The van der Waals surface area contributed by atoms with E-state index in [4.69, 9.17) is 0 Å². The predicted molar refractivity (Wildman–Crippen MR) is 59.1 cm³/mol. The van der Waals surface area contributed by atoms with Gasteiger partial charge in [-0.15, -0.1) is 0 Å². The van der Waals surface area contributed by atoms with Crippen LogP contribution in [0.3, 0.4) is 0 Å². The Morgan fingerprint density at radius 1 is 1.00 bits per heavy atom. The first-order valence-electron chi connectivity index (χ1n) is 4.87. The molecular formula is C14H10. The Balaban J connectivity index is 2.37. The summed E-state index contributed by atoms with van der Waals surface area (Å²) < 4.78 is 0. The highest BCUT2D eigenvalue weighted by Gasteiger charge is 2.08. The third-order valence-electron chi connectivity index (χ3n) is 2.72. The van der Waals surface area contributed by atoms with Gasteiger partial charge in [0.05, 0.1) is 0 Å². The van der Waals surface area contributed by atoms with E-state index in [1.165, 1.54) is 21.9 Å². The maximum Gasteiger partial charge on any atom is 0.0423 e. The number of benzene rings is 2. The van der Waals surface area contributed by atoms with E-state index in [0.29, 0.717) is 0 Å². The Kier molecular flexibility index (Phi) is 1.66. The third-order valence-corrected chi connectivity index (χ3v) is 2.72. The molecule has 2 aromatic rings. The summed E-state index contributed by atoms with van der Waals surface area (Å²) in [6.45, 7) is 0. The van der Waals surface area contributed by atoms with Crippen LogP contribution in [0.2, 0.25) is 0 Å². The summed E-state index contributed by atoms with van der Waals surface area (Å²) in [6, 6.07) is 12.9. The second kappa shape index (κ2) is 2.98. The smallest absolute Gasteiger partial charge is 0.0423 e. The minimum absolute atomic E-state index is 1.03. The molecule has 14 heavy (non-hydrogen) atoms. The van der Waals surface area contributed by atoms with E-state index in [-0.39, 0.29) is 0 Å². The van der Waals surface area contributed by atoms with E-state index < -0.39 is 0 Å². The number of hydrogen-bond acceptors (Lipinski definition) is 0. The molecule has 2 aromatic carbocycles. The maximum atomic E-state index is 3.27. The van der Waals surface area contributed by atoms with Crippen LogP contribution in [0.4, 0.5) is 0 Å². The van der Waals surface area contributed by atoms with E-state index in [1.807, 2.05) is 6.08 Å². The van der Waals surface area contributed by atoms with E-state index in [9.17, 15) is 0 Å². The zero-order valence-corrected chi connectivity index (χ0v) is 7.83. The van der Waals surface area contributed by atoms with Crippen molar-refractivity contribution in [2.75, 3.05) is 0 Å². The molecule has 0 amide bonds. The van der Waals surface area contributed by atoms with Crippen molar-refractivity contribution >= 4 is 10.8 Å². The van der Waals surface area contributed by atoms with Crippen LogP contribution >= 0.6 is 0 Å². The zero-order chi connectivity index (χ0) is 9.38. The number of rotatable bonds is 0. The van der Waals surface area contributed by atoms with Gasteiger partial charge in [-0.05, 0) is 28.3 Å². The van der Waals surface area contributed by atoms with Gasteiger partial charge in [-0.2, -0.15) is 0 Å². The van der Waals surface area contributed by atoms with Crippen molar-refractivity contribution in [2.45, 2.75) is 6.42 Å². The Bertz CT molecular complexity index is 506. The average Bonchev–Trinajstić information content (AvgIpc) is 2.29. The van der Waals surface area contributed by atoms with Crippen molar-refractivity contribution in [2.24, 2.45) is 0 Å². The van der Waals surface area contributed by atoms with Gasteiger partial charge in [0.1, 0.15) is 0 Å². The predicted octanol–water partition coefficient (Wildman–Crippen LogP) is 3.38. The molecule has 0 bridgehead atoms. The highest BCUT2D eigenvalue weighted by Crippen LogP contribution is 2.26. The second-order valence-electron chi connectivity index (χ2n) is 3.56. The fourth-order valence-electron chi connectivity index (χ4n) is 2.02. The zero-order valence-electron chi connectivity index (χ0n) is 7.83. The molecule has 0 aromatic heterocycles. The quantitative estimate of drug-likeness (QED) is 0.580. The first-order valence-corrected chi connectivity index (χ1v) is 4.87. The molecule has 1 aliphatic carbocycles. The highest BCUT2D eigenvalue weighted by atomic mass is 14.1. The Hall–Kier alpha value is -1.56. The summed E-state index contributed by atoms with van der Waals surface area (Å²) in [4.78, 5) is 0. The Labute approximate surface area is 83.9 Å². The third kappa shape index (κ3) is 1.07. The van der Waals surface area contributed by atoms with Gasteiger partial charge < -0.3 is 0 Å². The molecular weight excluding hydrogens is 168 g/mol. The van der Waals surface area contributed by atoms with Gasteiger partial charge in [0.25, 0.3) is 0 Å². The lowest BCUT2D eigenvalue weighted by Gasteiger charge is -2.12. The SMILES string of the molecule is [C]1C=CCc2c1ccc1ccccc21. The van der Waals surface area contributed by atoms with E-state index in [0.717, 1.165) is 6.42 Å². The molecule has 0 spiro atoms. The van der Waals surface area contributed by atoms with Crippen LogP contribution in [0.5, 0.6) is 0 Å². The number of allylic oxidation sites excluding steroid dienone is 2. The maximum absolute atomic E-state index is 3.27. The largest absolute Gasteiger partial charge is 0.0831 e. The van der Waals surface area contributed by atoms with Crippen LogP contribution in [0.25, 0.3) is 10.8 Å². The van der Waals surface area contributed by atoms with Crippen LogP contribution in [0.15, 0.2) is 48.6 Å². The molecule has 66 valence electrons. The molecule has 0 heterocycles. The van der Waals surface area contributed by atoms with Gasteiger partial charge in [0.15, 0.2) is 0 Å². The molecule has 0 N–H and O–H groups in total. The minimum Gasteiger partial charge on any atom is -0.0831 e. The molecule has 0 aliphatic heterocycles. The van der Waals surface area contributed by atoms with Crippen molar-refractivity contribution in [1.82, 2.24) is 0 Å². The first kappa shape index (κ1) is 7.81. The molecule has 2 radical (unpaired) electrons. The topological polar surface area (TPSA) is 0 Å². The second-order valence-corrected chi connectivity index (χ2v) is 3.56. The van der Waals surface area contributed by atoms with E-state index in [2.05, 4.69) is 48.9 Å². The van der Waals surface area contributed by atoms with Gasteiger partial charge in [0, 0.05) is 6.42 Å². The first-order chi connectivity index (χ1) is 6.95. The number of hydrogen-bond donors (Lipinski definition) is 0. The van der Waals surface area contributed by atoms with Gasteiger partial charge in [-0.1, -0.05) is 48.6 Å². The fourth-order valence-corrected chi connectivity index (χ4v) is 2.02. The lowest BCUT2D eigenvalue weighted by atomic mass is 9.92. The summed E-state index contributed by atoms with van der Waals surface area (Å²) in [5.41, 5.74) is 2.65. The number of fused-ring (bicyclic) bond motifs is 3. The molecule has 0 unspecified atom stereocenters. The van der Waals surface area contributed by atoms with Crippen LogP contribution in [-0.2, 0) is 6.42 Å². The highest BCUT2D eigenvalue weighted by molar-refractivity contribution is 5.87. The van der Waals surface area contributed by atoms with Crippen LogP contribution in [0, 0.1) is 6.42 Å². The summed E-state index contributed by atoms with van der Waals surface area (Å²) in [5, 5.41) is 2.69. The lowest BCUT2D eigenvalue weighted by molar-refractivity contribution is 1.22. The van der Waals surface area contributed by atoms with Gasteiger partial charge in [0.2, 0.25) is 0 Å². The van der Waals surface area contributed by atoms with Crippen LogP contribution < -0.4 is 0 Å². The fraction of sp³-hybridized carbons (Fsp3) is 0.0714.